The van der Waals surface area contributed by atoms with Gasteiger partial charge in [0.1, 0.15) is 10.8 Å². The maximum atomic E-state index is 12.7. The predicted molar refractivity (Wildman–Crippen MR) is 119 cm³/mol. The molecule has 1 aromatic carbocycles. The molecular formula is C21H23F3N2O3S2. The minimum absolute atomic E-state index is 0.226. The van der Waals surface area contributed by atoms with Crippen LogP contribution in [0.25, 0.3) is 0 Å². The number of hydrogen-bond acceptors (Lipinski definition) is 5. The maximum Gasteiger partial charge on any atom is 0.573 e. The molecule has 168 valence electrons. The van der Waals surface area contributed by atoms with Crippen molar-refractivity contribution in [2.24, 2.45) is 0 Å². The molecule has 1 aliphatic rings. The summed E-state index contributed by atoms with van der Waals surface area (Å²) in [7, 11) is 0. The van der Waals surface area contributed by atoms with Crippen LogP contribution in [0, 0.1) is 0 Å². The number of esters is 1. The van der Waals surface area contributed by atoms with Crippen LogP contribution in [0.2, 0.25) is 0 Å². The van der Waals surface area contributed by atoms with E-state index in [2.05, 4.69) is 15.4 Å². The van der Waals surface area contributed by atoms with Crippen LogP contribution in [-0.4, -0.2) is 24.1 Å². The number of nitrogens with one attached hydrogen (secondary N) is 2. The summed E-state index contributed by atoms with van der Waals surface area (Å²) in [6.45, 7) is 2.04. The van der Waals surface area contributed by atoms with Gasteiger partial charge in [0.25, 0.3) is 0 Å². The first-order valence-corrected chi connectivity index (χ1v) is 11.2. The van der Waals surface area contributed by atoms with Gasteiger partial charge in [0.05, 0.1) is 12.2 Å². The van der Waals surface area contributed by atoms with Crippen LogP contribution in [0.1, 0.15) is 53.4 Å². The van der Waals surface area contributed by atoms with Crippen LogP contribution < -0.4 is 15.4 Å². The fraction of sp³-hybridized carbons (Fsp3) is 0.429. The van der Waals surface area contributed by atoms with E-state index in [1.807, 2.05) is 0 Å². The summed E-state index contributed by atoms with van der Waals surface area (Å²) in [5.41, 5.74) is 2.04. The highest BCUT2D eigenvalue weighted by Crippen LogP contribution is 2.37. The van der Waals surface area contributed by atoms with Crippen molar-refractivity contribution in [1.29, 1.82) is 0 Å². The molecule has 2 aromatic rings. The molecule has 0 saturated heterocycles. The van der Waals surface area contributed by atoms with Gasteiger partial charge in [0.2, 0.25) is 0 Å². The molecule has 0 bridgehead atoms. The van der Waals surface area contributed by atoms with E-state index in [-0.39, 0.29) is 23.4 Å². The van der Waals surface area contributed by atoms with E-state index in [9.17, 15) is 18.0 Å². The lowest BCUT2D eigenvalue weighted by atomic mass is 9.96. The number of ether oxygens (including phenoxy) is 2. The summed E-state index contributed by atoms with van der Waals surface area (Å²) in [6.07, 6.45) is 1.38. The number of anilines is 2. The highest BCUT2D eigenvalue weighted by molar-refractivity contribution is 7.80. The Balaban J connectivity index is 1.75. The Morgan fingerprint density at radius 3 is 2.42 bits per heavy atom. The van der Waals surface area contributed by atoms with Crippen molar-refractivity contribution in [1.82, 2.24) is 0 Å². The summed E-state index contributed by atoms with van der Waals surface area (Å²) in [5.74, 6) is -0.695. The molecule has 5 nitrogen and oxygen atoms in total. The minimum atomic E-state index is -4.74. The first-order chi connectivity index (χ1) is 14.8. The zero-order valence-electron chi connectivity index (χ0n) is 16.9. The molecule has 0 radical (unpaired) electrons. The molecule has 31 heavy (non-hydrogen) atoms. The standard InChI is InChI=1S/C21H23F3N2O3S2/c1-2-28-19(27)17-15-7-5-3-4-6-8-16(15)31-18(17)26-20(30)25-13-9-11-14(12-10-13)29-21(22,23)24/h9-12H,2-8H2,1H3,(H2,25,26,30). The van der Waals surface area contributed by atoms with E-state index in [0.29, 0.717) is 16.3 Å². The molecule has 3 rings (SSSR count). The van der Waals surface area contributed by atoms with Crippen LogP contribution in [-0.2, 0) is 17.6 Å². The zero-order valence-corrected chi connectivity index (χ0v) is 18.6. The van der Waals surface area contributed by atoms with Crippen molar-refractivity contribution in [2.45, 2.75) is 51.8 Å². The number of hydrogen-bond donors (Lipinski definition) is 2. The predicted octanol–water partition coefficient (Wildman–Crippen LogP) is 6.29. The van der Waals surface area contributed by atoms with E-state index in [4.69, 9.17) is 17.0 Å². The Kier molecular flexibility index (Phi) is 7.77. The van der Waals surface area contributed by atoms with Crippen LogP contribution in [0.4, 0.5) is 23.9 Å². The van der Waals surface area contributed by atoms with Gasteiger partial charge in [-0.2, -0.15) is 0 Å². The number of thiophene rings is 1. The first kappa shape index (κ1) is 23.3. The molecular weight excluding hydrogens is 449 g/mol. The number of carbonyl (C=O) groups is 1. The number of rotatable bonds is 5. The quantitative estimate of drug-likeness (QED) is 0.394. The average Bonchev–Trinajstić information content (AvgIpc) is 2.98. The van der Waals surface area contributed by atoms with Gasteiger partial charge in [-0.15, -0.1) is 24.5 Å². The van der Waals surface area contributed by atoms with Crippen LogP contribution in [0.3, 0.4) is 0 Å². The van der Waals surface area contributed by atoms with Crippen molar-refractivity contribution in [3.05, 3.63) is 40.3 Å². The Morgan fingerprint density at radius 2 is 1.77 bits per heavy atom. The molecule has 0 unspecified atom stereocenters. The summed E-state index contributed by atoms with van der Waals surface area (Å²) >= 11 is 6.87. The number of benzene rings is 1. The third-order valence-electron chi connectivity index (χ3n) is 4.72. The fourth-order valence-electron chi connectivity index (χ4n) is 3.43. The van der Waals surface area contributed by atoms with Crippen molar-refractivity contribution >= 4 is 45.3 Å². The molecule has 10 heteroatoms. The Hall–Kier alpha value is -2.33. The Bertz CT molecular complexity index is 927. The lowest BCUT2D eigenvalue weighted by Crippen LogP contribution is -2.20. The second-order valence-electron chi connectivity index (χ2n) is 6.99. The SMILES string of the molecule is CCOC(=O)c1c(NC(=S)Nc2ccc(OC(F)(F)F)cc2)sc2c1CCCCCC2. The van der Waals surface area contributed by atoms with Crippen LogP contribution in [0.15, 0.2) is 24.3 Å². The summed E-state index contributed by atoms with van der Waals surface area (Å²) in [6, 6.07) is 5.24. The highest BCUT2D eigenvalue weighted by atomic mass is 32.1. The molecule has 0 aliphatic heterocycles. The summed E-state index contributed by atoms with van der Waals surface area (Å²) in [4.78, 5) is 13.8. The van der Waals surface area contributed by atoms with Gasteiger partial charge in [-0.3, -0.25) is 0 Å². The molecule has 1 aliphatic carbocycles. The normalized spacial score (nSPS) is 14.1. The van der Waals surface area contributed by atoms with Crippen molar-refractivity contribution in [3.8, 4) is 5.75 Å². The average molecular weight is 473 g/mol. The topological polar surface area (TPSA) is 59.6 Å². The zero-order chi connectivity index (χ0) is 22.4. The molecule has 0 spiro atoms. The van der Waals surface area contributed by atoms with Crippen molar-refractivity contribution < 1.29 is 27.4 Å². The number of thiocarbonyl (C=S) groups is 1. The van der Waals surface area contributed by atoms with E-state index in [1.165, 1.54) is 46.9 Å². The number of aryl methyl sites for hydroxylation is 1. The summed E-state index contributed by atoms with van der Waals surface area (Å²) in [5, 5.41) is 6.85. The highest BCUT2D eigenvalue weighted by Gasteiger charge is 2.31. The van der Waals surface area contributed by atoms with E-state index in [1.54, 1.807) is 6.92 Å². The number of carbonyl (C=O) groups excluding carboxylic acids is 1. The number of halogens is 3. The van der Waals surface area contributed by atoms with Gasteiger partial charge in [-0.05, 0) is 74.7 Å². The molecule has 0 atom stereocenters. The minimum Gasteiger partial charge on any atom is -0.462 e. The van der Waals surface area contributed by atoms with E-state index >= 15 is 0 Å². The smallest absolute Gasteiger partial charge is 0.462 e. The van der Waals surface area contributed by atoms with Crippen LogP contribution in [0.5, 0.6) is 5.75 Å². The lowest BCUT2D eigenvalue weighted by Gasteiger charge is -2.13. The summed E-state index contributed by atoms with van der Waals surface area (Å²) < 4.78 is 46.0. The Morgan fingerprint density at radius 1 is 1.10 bits per heavy atom. The Labute approximate surface area is 187 Å². The van der Waals surface area contributed by atoms with Gasteiger partial charge in [0.15, 0.2) is 5.11 Å². The molecule has 0 amide bonds. The largest absolute Gasteiger partial charge is 0.573 e. The second-order valence-corrected chi connectivity index (χ2v) is 8.51. The monoisotopic (exact) mass is 472 g/mol. The van der Waals surface area contributed by atoms with Crippen LogP contribution >= 0.6 is 23.6 Å². The number of fused-ring (bicyclic) bond motifs is 1. The second kappa shape index (κ2) is 10.3. The first-order valence-electron chi connectivity index (χ1n) is 10.0. The fourth-order valence-corrected chi connectivity index (χ4v) is 5.00. The van der Waals surface area contributed by atoms with Gasteiger partial charge in [0, 0.05) is 10.6 Å². The molecule has 2 N–H and O–H groups in total. The van der Waals surface area contributed by atoms with Crippen molar-refractivity contribution in [3.63, 3.8) is 0 Å². The van der Waals surface area contributed by atoms with E-state index < -0.39 is 6.36 Å². The third kappa shape index (κ3) is 6.57. The molecule has 1 heterocycles. The van der Waals surface area contributed by atoms with Gasteiger partial charge in [-0.1, -0.05) is 12.8 Å². The molecule has 0 saturated carbocycles. The molecule has 1 aromatic heterocycles. The van der Waals surface area contributed by atoms with Gasteiger partial charge >= 0.3 is 12.3 Å². The van der Waals surface area contributed by atoms with Gasteiger partial charge < -0.3 is 20.1 Å². The van der Waals surface area contributed by atoms with Gasteiger partial charge in [-0.25, -0.2) is 4.79 Å². The maximum absolute atomic E-state index is 12.7. The number of alkyl halides is 3. The third-order valence-corrected chi connectivity index (χ3v) is 6.14. The lowest BCUT2D eigenvalue weighted by molar-refractivity contribution is -0.274. The molecule has 0 fully saturated rings. The van der Waals surface area contributed by atoms with Crippen molar-refractivity contribution in [2.75, 3.05) is 17.2 Å². The van der Waals surface area contributed by atoms with E-state index in [0.717, 1.165) is 37.7 Å².